The van der Waals surface area contributed by atoms with E-state index in [1.165, 1.54) is 5.57 Å². The lowest BCUT2D eigenvalue weighted by atomic mass is 10.1. The topological polar surface area (TPSA) is 39.7 Å². The first-order chi connectivity index (χ1) is 8.65. The van der Waals surface area contributed by atoms with Crippen molar-refractivity contribution in [2.24, 2.45) is 0 Å². The summed E-state index contributed by atoms with van der Waals surface area (Å²) in [6, 6.07) is 3.74. The molecule has 0 heterocycles. The van der Waals surface area contributed by atoms with Crippen LogP contribution in [0.3, 0.4) is 0 Å². The van der Waals surface area contributed by atoms with Crippen LogP contribution >= 0.6 is 0 Å². The van der Waals surface area contributed by atoms with Crippen LogP contribution in [0.4, 0.5) is 0 Å². The highest BCUT2D eigenvalue weighted by Crippen LogP contribution is 2.35. The second kappa shape index (κ2) is 6.91. The van der Waals surface area contributed by atoms with Crippen LogP contribution in [0.2, 0.25) is 0 Å². The van der Waals surface area contributed by atoms with E-state index in [0.29, 0.717) is 11.5 Å². The molecule has 0 aliphatic rings. The molecule has 1 aromatic rings. The molecule has 18 heavy (non-hydrogen) atoms. The van der Waals surface area contributed by atoms with E-state index in [9.17, 15) is 0 Å². The maximum atomic E-state index is 5.37. The predicted molar refractivity (Wildman–Crippen MR) is 73.7 cm³/mol. The number of hydrogen-bond acceptors (Lipinski definition) is 4. The van der Waals surface area contributed by atoms with Crippen molar-refractivity contribution in [3.63, 3.8) is 0 Å². The number of likely N-dealkylation sites (N-methyl/N-ethyl adjacent to an activating group) is 1. The minimum absolute atomic E-state index is 0.665. The summed E-state index contributed by atoms with van der Waals surface area (Å²) < 4.78 is 15.9. The summed E-state index contributed by atoms with van der Waals surface area (Å²) in [5, 5.41) is 3.11. The van der Waals surface area contributed by atoms with Gasteiger partial charge in [-0.25, -0.2) is 0 Å². The van der Waals surface area contributed by atoms with Gasteiger partial charge in [0.2, 0.25) is 0 Å². The Labute approximate surface area is 109 Å². The normalized spacial score (nSPS) is 11.3. The van der Waals surface area contributed by atoms with Crippen LogP contribution in [-0.4, -0.2) is 34.9 Å². The van der Waals surface area contributed by atoms with Crippen LogP contribution in [0.25, 0.3) is 6.08 Å². The molecule has 100 valence electrons. The van der Waals surface area contributed by atoms with E-state index < -0.39 is 0 Å². The Kier molecular flexibility index (Phi) is 5.52. The summed E-state index contributed by atoms with van der Waals surface area (Å²) in [7, 11) is 6.80. The molecule has 4 heteroatoms. The fraction of sp³-hybridized carbons (Fsp3) is 0.429. The lowest BCUT2D eigenvalue weighted by Gasteiger charge is -2.12. The van der Waals surface area contributed by atoms with Gasteiger partial charge in [0.05, 0.1) is 21.3 Å². The maximum Gasteiger partial charge on any atom is 0.164 e. The SMILES string of the molecule is CNCC(C)=Cc1cc(OC)c(OC)cc1OC. The van der Waals surface area contributed by atoms with Gasteiger partial charge in [0.25, 0.3) is 0 Å². The summed E-state index contributed by atoms with van der Waals surface area (Å²) >= 11 is 0. The van der Waals surface area contributed by atoms with Gasteiger partial charge in [-0.1, -0.05) is 11.6 Å². The highest BCUT2D eigenvalue weighted by molar-refractivity contribution is 5.65. The van der Waals surface area contributed by atoms with Gasteiger partial charge in [-0.05, 0) is 20.0 Å². The average Bonchev–Trinajstić information content (AvgIpc) is 2.38. The van der Waals surface area contributed by atoms with E-state index in [0.717, 1.165) is 17.9 Å². The van der Waals surface area contributed by atoms with Gasteiger partial charge in [-0.3, -0.25) is 0 Å². The Hall–Kier alpha value is -1.68. The second-order valence-electron chi connectivity index (χ2n) is 3.97. The molecular weight excluding hydrogens is 230 g/mol. The Morgan fingerprint density at radius 1 is 1.06 bits per heavy atom. The lowest BCUT2D eigenvalue weighted by molar-refractivity contribution is 0.348. The summed E-state index contributed by atoms with van der Waals surface area (Å²) in [4.78, 5) is 0. The Morgan fingerprint density at radius 2 is 1.61 bits per heavy atom. The van der Waals surface area contributed by atoms with E-state index in [1.807, 2.05) is 19.2 Å². The zero-order chi connectivity index (χ0) is 13.5. The van der Waals surface area contributed by atoms with Crippen LogP contribution in [0.5, 0.6) is 17.2 Å². The van der Waals surface area contributed by atoms with Crippen molar-refractivity contribution in [2.45, 2.75) is 6.92 Å². The van der Waals surface area contributed by atoms with Crippen molar-refractivity contribution in [1.82, 2.24) is 5.32 Å². The van der Waals surface area contributed by atoms with Crippen molar-refractivity contribution < 1.29 is 14.2 Å². The third-order valence-corrected chi connectivity index (χ3v) is 2.59. The molecule has 0 aliphatic heterocycles. The second-order valence-corrected chi connectivity index (χ2v) is 3.97. The van der Waals surface area contributed by atoms with Gasteiger partial charge < -0.3 is 19.5 Å². The fourth-order valence-electron chi connectivity index (χ4n) is 1.76. The zero-order valence-corrected chi connectivity index (χ0v) is 11.7. The smallest absolute Gasteiger partial charge is 0.164 e. The first kappa shape index (κ1) is 14.4. The number of methoxy groups -OCH3 is 3. The molecule has 0 amide bonds. The van der Waals surface area contributed by atoms with Crippen molar-refractivity contribution in [3.05, 3.63) is 23.3 Å². The highest BCUT2D eigenvalue weighted by atomic mass is 16.5. The van der Waals surface area contributed by atoms with Gasteiger partial charge in [0, 0.05) is 18.2 Å². The molecule has 0 bridgehead atoms. The first-order valence-electron chi connectivity index (χ1n) is 5.78. The van der Waals surface area contributed by atoms with E-state index in [2.05, 4.69) is 18.3 Å². The summed E-state index contributed by atoms with van der Waals surface area (Å²) in [6.07, 6.45) is 2.07. The number of benzene rings is 1. The van der Waals surface area contributed by atoms with Gasteiger partial charge >= 0.3 is 0 Å². The van der Waals surface area contributed by atoms with Crippen molar-refractivity contribution in [3.8, 4) is 17.2 Å². The maximum absolute atomic E-state index is 5.37. The number of ether oxygens (including phenoxy) is 3. The first-order valence-corrected chi connectivity index (χ1v) is 5.78. The van der Waals surface area contributed by atoms with Gasteiger partial charge in [0.15, 0.2) is 11.5 Å². The van der Waals surface area contributed by atoms with E-state index >= 15 is 0 Å². The van der Waals surface area contributed by atoms with Crippen LogP contribution in [0.15, 0.2) is 17.7 Å². The molecule has 0 atom stereocenters. The monoisotopic (exact) mass is 251 g/mol. The molecule has 0 spiro atoms. The molecule has 0 fully saturated rings. The van der Waals surface area contributed by atoms with Crippen molar-refractivity contribution in [2.75, 3.05) is 34.9 Å². The molecule has 0 aromatic heterocycles. The number of nitrogens with one attached hydrogen (secondary N) is 1. The molecule has 1 aromatic carbocycles. The third kappa shape index (κ3) is 3.40. The van der Waals surface area contributed by atoms with Crippen LogP contribution in [0, 0.1) is 0 Å². The molecular formula is C14H21NO3. The van der Waals surface area contributed by atoms with Crippen LogP contribution in [0.1, 0.15) is 12.5 Å². The van der Waals surface area contributed by atoms with Crippen molar-refractivity contribution >= 4 is 6.08 Å². The summed E-state index contributed by atoms with van der Waals surface area (Å²) in [5.41, 5.74) is 2.19. The van der Waals surface area contributed by atoms with Gasteiger partial charge in [-0.2, -0.15) is 0 Å². The molecule has 0 radical (unpaired) electrons. The molecule has 0 unspecified atom stereocenters. The van der Waals surface area contributed by atoms with E-state index in [4.69, 9.17) is 14.2 Å². The average molecular weight is 251 g/mol. The molecule has 4 nitrogen and oxygen atoms in total. The molecule has 0 saturated carbocycles. The van der Waals surface area contributed by atoms with Gasteiger partial charge in [-0.15, -0.1) is 0 Å². The quantitative estimate of drug-likeness (QED) is 0.842. The summed E-state index contributed by atoms with van der Waals surface area (Å²) in [6.45, 7) is 2.89. The lowest BCUT2D eigenvalue weighted by Crippen LogP contribution is -2.08. The van der Waals surface area contributed by atoms with E-state index in [1.54, 1.807) is 21.3 Å². The Balaban J connectivity index is 3.21. The highest BCUT2D eigenvalue weighted by Gasteiger charge is 2.10. The summed E-state index contributed by atoms with van der Waals surface area (Å²) in [5.74, 6) is 2.13. The minimum atomic E-state index is 0.665. The van der Waals surface area contributed by atoms with Gasteiger partial charge in [0.1, 0.15) is 5.75 Å². The number of hydrogen-bond donors (Lipinski definition) is 1. The zero-order valence-electron chi connectivity index (χ0n) is 11.7. The fourth-order valence-corrected chi connectivity index (χ4v) is 1.76. The molecule has 1 rings (SSSR count). The number of rotatable bonds is 6. The van der Waals surface area contributed by atoms with Crippen molar-refractivity contribution in [1.29, 1.82) is 0 Å². The van der Waals surface area contributed by atoms with Crippen LogP contribution < -0.4 is 19.5 Å². The molecule has 0 saturated heterocycles. The van der Waals surface area contributed by atoms with Crippen LogP contribution in [-0.2, 0) is 0 Å². The minimum Gasteiger partial charge on any atom is -0.496 e. The predicted octanol–water partition coefficient (Wildman–Crippen LogP) is 2.34. The van der Waals surface area contributed by atoms with E-state index in [-0.39, 0.29) is 0 Å². The Bertz CT molecular complexity index is 427. The third-order valence-electron chi connectivity index (χ3n) is 2.59. The largest absolute Gasteiger partial charge is 0.496 e. The Morgan fingerprint density at radius 3 is 2.11 bits per heavy atom. The molecule has 1 N–H and O–H groups in total. The molecule has 0 aliphatic carbocycles. The standard InChI is InChI=1S/C14H21NO3/c1-10(9-15-2)6-11-7-13(17-4)14(18-5)8-12(11)16-3/h6-8,15H,9H2,1-5H3.